The Morgan fingerprint density at radius 2 is 1.76 bits per heavy atom. The van der Waals surface area contributed by atoms with Gasteiger partial charge in [-0.3, -0.25) is 9.59 Å². The molecule has 6 nitrogen and oxygen atoms in total. The summed E-state index contributed by atoms with van der Waals surface area (Å²) in [5.74, 6) is -0.772. The molecule has 1 heterocycles. The van der Waals surface area contributed by atoms with E-state index in [2.05, 4.69) is 10.3 Å². The lowest BCUT2D eigenvalue weighted by molar-refractivity contribution is 0.0983. The summed E-state index contributed by atoms with van der Waals surface area (Å²) in [7, 11) is 0. The SMILES string of the molecule is CCN(C(=O)c1cccc(C(=O)Nc2ccccc2C#N)n1)c1cccc(C)c1. The quantitative estimate of drug-likeness (QED) is 0.715. The summed E-state index contributed by atoms with van der Waals surface area (Å²) in [5.41, 5.74) is 2.85. The van der Waals surface area contributed by atoms with Crippen LogP contribution in [-0.4, -0.2) is 23.3 Å². The fourth-order valence-electron chi connectivity index (χ4n) is 2.93. The smallest absolute Gasteiger partial charge is 0.276 e. The highest BCUT2D eigenvalue weighted by atomic mass is 16.2. The van der Waals surface area contributed by atoms with Gasteiger partial charge in [0.25, 0.3) is 11.8 Å². The van der Waals surface area contributed by atoms with Crippen molar-refractivity contribution < 1.29 is 9.59 Å². The lowest BCUT2D eigenvalue weighted by atomic mass is 10.2. The molecule has 144 valence electrons. The summed E-state index contributed by atoms with van der Waals surface area (Å²) >= 11 is 0. The maximum absolute atomic E-state index is 13.0. The highest BCUT2D eigenvalue weighted by Gasteiger charge is 2.19. The third-order valence-corrected chi connectivity index (χ3v) is 4.37. The summed E-state index contributed by atoms with van der Waals surface area (Å²) in [6.45, 7) is 4.32. The van der Waals surface area contributed by atoms with Crippen LogP contribution in [0.5, 0.6) is 0 Å². The van der Waals surface area contributed by atoms with Crippen LogP contribution in [0.1, 0.15) is 39.0 Å². The summed E-state index contributed by atoms with van der Waals surface area (Å²) in [6, 6.07) is 21.1. The van der Waals surface area contributed by atoms with E-state index in [1.165, 1.54) is 6.07 Å². The zero-order valence-electron chi connectivity index (χ0n) is 16.2. The van der Waals surface area contributed by atoms with Crippen molar-refractivity contribution in [2.75, 3.05) is 16.8 Å². The van der Waals surface area contributed by atoms with Crippen molar-refractivity contribution in [2.45, 2.75) is 13.8 Å². The average molecular weight is 384 g/mol. The molecule has 0 spiro atoms. The van der Waals surface area contributed by atoms with Gasteiger partial charge in [0.2, 0.25) is 0 Å². The van der Waals surface area contributed by atoms with Crippen molar-refractivity contribution in [2.24, 2.45) is 0 Å². The van der Waals surface area contributed by atoms with Crippen LogP contribution in [0.3, 0.4) is 0 Å². The lowest BCUT2D eigenvalue weighted by Gasteiger charge is -2.21. The van der Waals surface area contributed by atoms with Crippen LogP contribution in [0.25, 0.3) is 0 Å². The molecule has 2 aromatic carbocycles. The number of aromatic nitrogens is 1. The van der Waals surface area contributed by atoms with Crippen LogP contribution in [0, 0.1) is 18.3 Å². The van der Waals surface area contributed by atoms with Crippen molar-refractivity contribution in [1.82, 2.24) is 4.98 Å². The van der Waals surface area contributed by atoms with Crippen LogP contribution in [-0.2, 0) is 0 Å². The van der Waals surface area contributed by atoms with Gasteiger partial charge in [-0.05, 0) is 55.8 Å². The van der Waals surface area contributed by atoms with Crippen molar-refractivity contribution >= 4 is 23.2 Å². The molecule has 0 aliphatic rings. The van der Waals surface area contributed by atoms with Gasteiger partial charge in [0.1, 0.15) is 17.5 Å². The number of amides is 2. The topological polar surface area (TPSA) is 86.1 Å². The average Bonchev–Trinajstić information content (AvgIpc) is 2.74. The van der Waals surface area contributed by atoms with Crippen molar-refractivity contribution in [3.05, 3.63) is 89.2 Å². The fraction of sp³-hybridized carbons (Fsp3) is 0.130. The molecular formula is C23H20N4O2. The molecule has 0 aliphatic heterocycles. The van der Waals surface area contributed by atoms with Crippen LogP contribution in [0.2, 0.25) is 0 Å². The van der Waals surface area contributed by atoms with Crippen molar-refractivity contribution in [3.63, 3.8) is 0 Å². The summed E-state index contributed by atoms with van der Waals surface area (Å²) < 4.78 is 0. The van der Waals surface area contributed by atoms with Gasteiger partial charge in [-0.25, -0.2) is 4.98 Å². The minimum Gasteiger partial charge on any atom is -0.319 e. The third kappa shape index (κ3) is 4.47. The maximum Gasteiger partial charge on any atom is 0.276 e. The van der Waals surface area contributed by atoms with E-state index in [1.54, 1.807) is 41.3 Å². The number of nitrogens with one attached hydrogen (secondary N) is 1. The van der Waals surface area contributed by atoms with E-state index in [9.17, 15) is 9.59 Å². The lowest BCUT2D eigenvalue weighted by Crippen LogP contribution is -2.31. The van der Waals surface area contributed by atoms with Gasteiger partial charge < -0.3 is 10.2 Å². The van der Waals surface area contributed by atoms with Gasteiger partial charge in [-0.1, -0.05) is 30.3 Å². The number of nitriles is 1. The molecule has 0 saturated carbocycles. The number of nitrogens with zero attached hydrogens (tertiary/aromatic N) is 3. The Labute approximate surface area is 169 Å². The monoisotopic (exact) mass is 384 g/mol. The first-order chi connectivity index (χ1) is 14.0. The Morgan fingerprint density at radius 3 is 2.48 bits per heavy atom. The molecule has 0 saturated heterocycles. The van der Waals surface area contributed by atoms with Crippen LogP contribution >= 0.6 is 0 Å². The zero-order chi connectivity index (χ0) is 20.8. The highest BCUT2D eigenvalue weighted by Crippen LogP contribution is 2.19. The molecule has 0 atom stereocenters. The standard InChI is InChI=1S/C23H20N4O2/c1-3-27(18-10-6-8-16(2)14-18)23(29)21-13-7-12-20(25-21)22(28)26-19-11-5-4-9-17(19)15-24/h4-14H,3H2,1-2H3,(H,26,28). The van der Waals surface area contributed by atoms with E-state index in [4.69, 9.17) is 5.26 Å². The van der Waals surface area contributed by atoms with Gasteiger partial charge in [0, 0.05) is 12.2 Å². The Balaban J connectivity index is 1.85. The maximum atomic E-state index is 13.0. The molecule has 0 fully saturated rings. The van der Waals surface area contributed by atoms with Gasteiger partial charge in [-0.15, -0.1) is 0 Å². The second-order valence-electron chi connectivity index (χ2n) is 6.41. The van der Waals surface area contributed by atoms with E-state index in [1.807, 2.05) is 44.2 Å². The Kier molecular flexibility index (Phi) is 6.00. The highest BCUT2D eigenvalue weighted by molar-refractivity contribution is 6.07. The Morgan fingerprint density at radius 1 is 1.03 bits per heavy atom. The molecule has 0 aliphatic carbocycles. The van der Waals surface area contributed by atoms with Crippen LogP contribution in [0.4, 0.5) is 11.4 Å². The van der Waals surface area contributed by atoms with E-state index >= 15 is 0 Å². The van der Waals surface area contributed by atoms with Gasteiger partial charge in [-0.2, -0.15) is 5.26 Å². The van der Waals surface area contributed by atoms with Gasteiger partial charge in [0.05, 0.1) is 11.3 Å². The largest absolute Gasteiger partial charge is 0.319 e. The van der Waals surface area contributed by atoms with E-state index in [0.717, 1.165) is 11.3 Å². The summed E-state index contributed by atoms with van der Waals surface area (Å²) in [6.07, 6.45) is 0. The number of aryl methyl sites for hydroxylation is 1. The Bertz CT molecular complexity index is 1100. The number of anilines is 2. The molecule has 0 unspecified atom stereocenters. The molecule has 1 aromatic heterocycles. The van der Waals surface area contributed by atoms with E-state index < -0.39 is 5.91 Å². The van der Waals surface area contributed by atoms with Crippen molar-refractivity contribution in [1.29, 1.82) is 5.26 Å². The zero-order valence-corrected chi connectivity index (χ0v) is 16.2. The van der Waals surface area contributed by atoms with Crippen LogP contribution in [0.15, 0.2) is 66.7 Å². The second-order valence-corrected chi connectivity index (χ2v) is 6.41. The number of hydrogen-bond donors (Lipinski definition) is 1. The minimum absolute atomic E-state index is 0.101. The summed E-state index contributed by atoms with van der Waals surface area (Å²) in [4.78, 5) is 31.5. The molecule has 0 bridgehead atoms. The number of rotatable bonds is 5. The fourth-order valence-corrected chi connectivity index (χ4v) is 2.93. The number of pyridine rings is 1. The predicted molar refractivity (Wildman–Crippen MR) is 112 cm³/mol. The van der Waals surface area contributed by atoms with Crippen LogP contribution < -0.4 is 10.2 Å². The minimum atomic E-state index is -0.485. The number of hydrogen-bond acceptors (Lipinski definition) is 4. The summed E-state index contributed by atoms with van der Waals surface area (Å²) in [5, 5.41) is 11.8. The Hall–Kier alpha value is -3.98. The van der Waals surface area contributed by atoms with Crippen molar-refractivity contribution in [3.8, 4) is 6.07 Å². The van der Waals surface area contributed by atoms with Gasteiger partial charge in [0.15, 0.2) is 0 Å². The molecule has 2 amide bonds. The first kappa shape index (κ1) is 19.8. The van der Waals surface area contributed by atoms with E-state index in [0.29, 0.717) is 17.8 Å². The molecular weight excluding hydrogens is 364 g/mol. The predicted octanol–water partition coefficient (Wildman–Crippen LogP) is 4.18. The molecule has 6 heteroatoms. The third-order valence-electron chi connectivity index (χ3n) is 4.37. The number of para-hydroxylation sites is 1. The molecule has 3 aromatic rings. The normalized spacial score (nSPS) is 10.1. The first-order valence-electron chi connectivity index (χ1n) is 9.19. The number of carbonyl (C=O) groups excluding carboxylic acids is 2. The molecule has 0 radical (unpaired) electrons. The molecule has 1 N–H and O–H groups in total. The van der Waals surface area contributed by atoms with Gasteiger partial charge >= 0.3 is 0 Å². The molecule has 29 heavy (non-hydrogen) atoms. The molecule has 3 rings (SSSR count). The first-order valence-corrected chi connectivity index (χ1v) is 9.19. The number of carbonyl (C=O) groups is 2. The number of benzene rings is 2. The second kappa shape index (κ2) is 8.81. The van der Waals surface area contributed by atoms with E-state index in [-0.39, 0.29) is 17.3 Å².